The molecule has 0 radical (unpaired) electrons. The number of benzene rings is 5. The van der Waals surface area contributed by atoms with E-state index < -0.39 is 0 Å². The zero-order chi connectivity index (χ0) is 33.2. The van der Waals surface area contributed by atoms with Gasteiger partial charge in [0.2, 0.25) is 0 Å². The van der Waals surface area contributed by atoms with Crippen LogP contribution in [0, 0.1) is 5.92 Å². The van der Waals surface area contributed by atoms with Gasteiger partial charge in [0.15, 0.2) is 11.6 Å². The van der Waals surface area contributed by atoms with Gasteiger partial charge in [0, 0.05) is 33.9 Å². The number of hydrogen-bond donors (Lipinski definition) is 0. The Bertz CT molecular complexity index is 2480. The molecule has 0 aliphatic heterocycles. The van der Waals surface area contributed by atoms with Gasteiger partial charge in [0.1, 0.15) is 17.0 Å². The summed E-state index contributed by atoms with van der Waals surface area (Å²) >= 11 is 0. The van der Waals surface area contributed by atoms with Crippen LogP contribution in [-0.2, 0) is 6.42 Å². The highest BCUT2D eigenvalue weighted by Crippen LogP contribution is 2.41. The van der Waals surface area contributed by atoms with Crippen molar-refractivity contribution in [1.82, 2.24) is 15.0 Å². The van der Waals surface area contributed by atoms with Gasteiger partial charge < -0.3 is 4.42 Å². The molecular weight excluding hydrogens is 599 g/mol. The number of hydrogen-bond acceptors (Lipinski definition) is 4. The minimum atomic E-state index is 0.505. The summed E-state index contributed by atoms with van der Waals surface area (Å²) in [5.74, 6) is 2.46. The number of aromatic nitrogens is 3. The summed E-state index contributed by atoms with van der Waals surface area (Å²) in [6, 6.07) is 36.0. The first-order valence-corrected chi connectivity index (χ1v) is 16.8. The first-order chi connectivity index (χ1) is 24.2. The smallest absolute Gasteiger partial charge is 0.164 e. The molecule has 0 amide bonds. The van der Waals surface area contributed by atoms with Crippen LogP contribution in [0.1, 0.15) is 24.7 Å². The summed E-state index contributed by atoms with van der Waals surface area (Å²) in [5, 5.41) is 4.37. The average Bonchev–Trinajstić information content (AvgIpc) is 3.54. The SMILES string of the molecule is C=C/C=C\C=C/Cc1nc(-c2ccc3cc(C4=CC=CCC4C)ccc3c2)nc(-c2ccc(-c3ccccc3)c3oc4ccccc4c23)n1. The quantitative estimate of drug-likeness (QED) is 0.156. The third-order valence-corrected chi connectivity index (χ3v) is 9.19. The largest absolute Gasteiger partial charge is 0.455 e. The van der Waals surface area contributed by atoms with Crippen molar-refractivity contribution >= 4 is 38.3 Å². The topological polar surface area (TPSA) is 51.8 Å². The molecule has 0 fully saturated rings. The molecule has 5 aromatic carbocycles. The zero-order valence-corrected chi connectivity index (χ0v) is 27.4. The third kappa shape index (κ3) is 5.94. The molecule has 7 aromatic rings. The van der Waals surface area contributed by atoms with Crippen molar-refractivity contribution in [3.8, 4) is 33.9 Å². The highest BCUT2D eigenvalue weighted by molar-refractivity contribution is 6.15. The maximum absolute atomic E-state index is 6.55. The second-order valence-electron chi connectivity index (χ2n) is 12.4. The van der Waals surface area contributed by atoms with Gasteiger partial charge in [-0.25, -0.2) is 15.0 Å². The fourth-order valence-electron chi connectivity index (χ4n) is 6.71. The number of para-hydroxylation sites is 1. The van der Waals surface area contributed by atoms with Crippen LogP contribution >= 0.6 is 0 Å². The Labute approximate surface area is 286 Å². The maximum Gasteiger partial charge on any atom is 0.164 e. The number of nitrogens with zero attached hydrogens (tertiary/aromatic N) is 3. The third-order valence-electron chi connectivity index (χ3n) is 9.19. The van der Waals surface area contributed by atoms with Gasteiger partial charge in [-0.15, -0.1) is 0 Å². The standard InChI is InChI=1S/C45H35N3O/c1-3-4-5-6-10-21-41-46-44(35-25-23-32-28-34(24-22-33(32)29-35)36-18-12-11-15-30(36)2)48-45(47-41)39-27-26-37(31-16-8-7-9-17-31)43-42(39)38-19-13-14-20-40(38)49-43/h3-14,16-20,22-30H,1,15,21H2,2H3/b5-4-,10-6-. The van der Waals surface area contributed by atoms with E-state index in [0.717, 1.165) is 56.0 Å². The van der Waals surface area contributed by atoms with E-state index >= 15 is 0 Å². The summed E-state index contributed by atoms with van der Waals surface area (Å²) in [6.07, 6.45) is 17.9. The molecule has 4 heteroatoms. The minimum Gasteiger partial charge on any atom is -0.455 e. The highest BCUT2D eigenvalue weighted by atomic mass is 16.3. The minimum absolute atomic E-state index is 0.505. The molecule has 8 rings (SSSR count). The molecule has 1 aliphatic carbocycles. The van der Waals surface area contributed by atoms with Gasteiger partial charge >= 0.3 is 0 Å². The fraction of sp³-hybridized carbons (Fsp3) is 0.0889. The fourth-order valence-corrected chi connectivity index (χ4v) is 6.71. The molecule has 0 saturated heterocycles. The van der Waals surface area contributed by atoms with Crippen molar-refractivity contribution in [2.45, 2.75) is 19.8 Å². The van der Waals surface area contributed by atoms with Crippen LogP contribution in [0.15, 0.2) is 163 Å². The molecule has 236 valence electrons. The normalized spacial score (nSPS) is 14.8. The van der Waals surface area contributed by atoms with Gasteiger partial charge in [-0.1, -0.05) is 135 Å². The Morgan fingerprint density at radius 1 is 0.735 bits per heavy atom. The van der Waals surface area contributed by atoms with E-state index in [0.29, 0.717) is 29.8 Å². The molecule has 2 heterocycles. The van der Waals surface area contributed by atoms with Gasteiger partial charge in [-0.2, -0.15) is 0 Å². The van der Waals surface area contributed by atoms with Crippen LogP contribution in [0.2, 0.25) is 0 Å². The van der Waals surface area contributed by atoms with Gasteiger partial charge in [0.05, 0.1) is 0 Å². The predicted molar refractivity (Wildman–Crippen MR) is 204 cm³/mol. The Hall–Kier alpha value is -6.13. The van der Waals surface area contributed by atoms with E-state index in [1.807, 2.05) is 42.5 Å². The number of fused-ring (bicyclic) bond motifs is 4. The summed E-state index contributed by atoms with van der Waals surface area (Å²) in [5.41, 5.74) is 8.29. The van der Waals surface area contributed by atoms with Crippen molar-refractivity contribution in [3.63, 3.8) is 0 Å². The average molecular weight is 634 g/mol. The number of allylic oxidation sites excluding steroid dienone is 9. The van der Waals surface area contributed by atoms with Gasteiger partial charge in [-0.05, 0) is 70.1 Å². The molecule has 4 nitrogen and oxygen atoms in total. The van der Waals surface area contributed by atoms with E-state index in [1.54, 1.807) is 6.08 Å². The molecule has 0 saturated carbocycles. The van der Waals surface area contributed by atoms with Crippen molar-refractivity contribution in [3.05, 3.63) is 170 Å². The summed E-state index contributed by atoms with van der Waals surface area (Å²) < 4.78 is 6.55. The van der Waals surface area contributed by atoms with E-state index in [2.05, 4.69) is 117 Å². The highest BCUT2D eigenvalue weighted by Gasteiger charge is 2.20. The predicted octanol–water partition coefficient (Wildman–Crippen LogP) is 11.7. The summed E-state index contributed by atoms with van der Waals surface area (Å²) in [6.45, 7) is 6.05. The van der Waals surface area contributed by atoms with Gasteiger partial charge in [-0.3, -0.25) is 0 Å². The van der Waals surface area contributed by atoms with Gasteiger partial charge in [0.25, 0.3) is 0 Å². The molecule has 1 unspecified atom stereocenters. The van der Waals surface area contributed by atoms with Crippen LogP contribution in [0.5, 0.6) is 0 Å². The first-order valence-electron chi connectivity index (χ1n) is 16.8. The van der Waals surface area contributed by atoms with Crippen LogP contribution < -0.4 is 0 Å². The second kappa shape index (κ2) is 13.2. The van der Waals surface area contributed by atoms with Crippen LogP contribution in [0.3, 0.4) is 0 Å². The lowest BCUT2D eigenvalue weighted by Gasteiger charge is -2.18. The lowest BCUT2D eigenvalue weighted by molar-refractivity contribution is 0.670. The summed E-state index contributed by atoms with van der Waals surface area (Å²) in [4.78, 5) is 15.2. The van der Waals surface area contributed by atoms with E-state index in [1.165, 1.54) is 16.5 Å². The van der Waals surface area contributed by atoms with Crippen LogP contribution in [0.25, 0.3) is 72.2 Å². The van der Waals surface area contributed by atoms with Crippen molar-refractivity contribution < 1.29 is 4.42 Å². The van der Waals surface area contributed by atoms with E-state index in [-0.39, 0.29) is 0 Å². The van der Waals surface area contributed by atoms with Crippen LogP contribution in [0.4, 0.5) is 0 Å². The Morgan fingerprint density at radius 3 is 2.33 bits per heavy atom. The first kappa shape index (κ1) is 30.2. The molecule has 0 bridgehead atoms. The molecule has 0 spiro atoms. The maximum atomic E-state index is 6.55. The molecule has 1 atom stereocenters. The molecular formula is C45H35N3O. The lowest BCUT2D eigenvalue weighted by atomic mass is 9.87. The molecule has 1 aliphatic rings. The zero-order valence-electron chi connectivity index (χ0n) is 27.4. The van der Waals surface area contributed by atoms with Crippen molar-refractivity contribution in [2.24, 2.45) is 5.92 Å². The van der Waals surface area contributed by atoms with Crippen molar-refractivity contribution in [2.75, 3.05) is 0 Å². The summed E-state index contributed by atoms with van der Waals surface area (Å²) in [7, 11) is 0. The second-order valence-corrected chi connectivity index (χ2v) is 12.4. The Morgan fingerprint density at radius 2 is 1.49 bits per heavy atom. The Kier molecular flexibility index (Phi) is 8.12. The number of rotatable bonds is 8. The molecule has 49 heavy (non-hydrogen) atoms. The Balaban J connectivity index is 1.28. The molecule has 0 N–H and O–H groups in total. The van der Waals surface area contributed by atoms with E-state index in [9.17, 15) is 0 Å². The van der Waals surface area contributed by atoms with E-state index in [4.69, 9.17) is 19.4 Å². The lowest BCUT2D eigenvalue weighted by Crippen LogP contribution is -2.03. The number of furan rings is 1. The molecule has 2 aromatic heterocycles. The van der Waals surface area contributed by atoms with Crippen LogP contribution in [-0.4, -0.2) is 15.0 Å². The monoisotopic (exact) mass is 633 g/mol. The van der Waals surface area contributed by atoms with Crippen molar-refractivity contribution in [1.29, 1.82) is 0 Å².